The number of thiophene rings is 1. The third kappa shape index (κ3) is 5.24. The summed E-state index contributed by atoms with van der Waals surface area (Å²) >= 11 is 3.14. The van der Waals surface area contributed by atoms with Gasteiger partial charge in [-0.1, -0.05) is 55.5 Å². The molecule has 1 heterocycles. The van der Waals surface area contributed by atoms with Gasteiger partial charge >= 0.3 is 5.97 Å². The number of amides is 1. The lowest BCUT2D eigenvalue weighted by Gasteiger charge is -2.18. The van der Waals surface area contributed by atoms with Crippen LogP contribution in [-0.2, 0) is 9.53 Å². The van der Waals surface area contributed by atoms with Gasteiger partial charge in [0.15, 0.2) is 6.61 Å². The summed E-state index contributed by atoms with van der Waals surface area (Å²) in [5.74, 6) is 0.0278. The average molecular weight is 412 g/mol. The minimum absolute atomic E-state index is 0.268. The second kappa shape index (κ2) is 10.1. The Morgan fingerprint density at radius 1 is 1.04 bits per heavy atom. The number of nitrogens with one attached hydrogen (secondary N) is 1. The molecule has 4 nitrogen and oxygen atoms in total. The molecule has 0 saturated heterocycles. The molecule has 0 spiro atoms. The molecule has 0 fully saturated rings. The summed E-state index contributed by atoms with van der Waals surface area (Å²) in [6, 6.07) is 20.7. The Kier molecular flexibility index (Phi) is 7.28. The molecule has 0 bridgehead atoms. The van der Waals surface area contributed by atoms with Gasteiger partial charge in [-0.25, -0.2) is 4.79 Å². The van der Waals surface area contributed by atoms with E-state index >= 15 is 0 Å². The molecule has 1 atom stereocenters. The number of esters is 1. The Balaban J connectivity index is 1.65. The number of thioether (sulfide) groups is 1. The zero-order valence-corrected chi connectivity index (χ0v) is 17.1. The van der Waals surface area contributed by atoms with Crippen LogP contribution in [-0.4, -0.2) is 24.2 Å². The van der Waals surface area contributed by atoms with Crippen molar-refractivity contribution in [1.29, 1.82) is 0 Å². The average Bonchev–Trinajstić information content (AvgIpc) is 3.26. The van der Waals surface area contributed by atoms with Crippen molar-refractivity contribution >= 4 is 35.0 Å². The van der Waals surface area contributed by atoms with Crippen LogP contribution in [0.15, 0.2) is 77.0 Å². The van der Waals surface area contributed by atoms with E-state index in [9.17, 15) is 9.59 Å². The minimum Gasteiger partial charge on any atom is -0.452 e. The van der Waals surface area contributed by atoms with Crippen molar-refractivity contribution in [3.63, 3.8) is 0 Å². The Hall–Kier alpha value is -2.57. The summed E-state index contributed by atoms with van der Waals surface area (Å²) < 4.78 is 5.27. The zero-order chi connectivity index (χ0) is 19.8. The zero-order valence-electron chi connectivity index (χ0n) is 15.5. The topological polar surface area (TPSA) is 55.4 Å². The normalized spacial score (nSPS) is 11.6. The quantitative estimate of drug-likeness (QED) is 0.422. The van der Waals surface area contributed by atoms with Gasteiger partial charge in [-0.3, -0.25) is 4.79 Å². The predicted octanol–water partition coefficient (Wildman–Crippen LogP) is 4.92. The van der Waals surface area contributed by atoms with E-state index in [1.807, 2.05) is 66.9 Å². The molecule has 0 saturated carbocycles. The number of hydrogen-bond acceptors (Lipinski definition) is 5. The fraction of sp³-hybridized carbons (Fsp3) is 0.182. The van der Waals surface area contributed by atoms with Crippen LogP contribution < -0.4 is 5.32 Å². The highest BCUT2D eigenvalue weighted by Crippen LogP contribution is 2.26. The van der Waals surface area contributed by atoms with Gasteiger partial charge in [0.25, 0.3) is 5.91 Å². The van der Waals surface area contributed by atoms with E-state index in [4.69, 9.17) is 4.74 Å². The largest absolute Gasteiger partial charge is 0.452 e. The van der Waals surface area contributed by atoms with Crippen molar-refractivity contribution < 1.29 is 14.3 Å². The molecule has 1 N–H and O–H groups in total. The molecule has 2 aromatic carbocycles. The molecule has 6 heteroatoms. The first kappa shape index (κ1) is 20.2. The molecule has 144 valence electrons. The van der Waals surface area contributed by atoms with E-state index < -0.39 is 5.97 Å². The number of carbonyl (C=O) groups excluding carboxylic acids is 2. The van der Waals surface area contributed by atoms with Gasteiger partial charge in [0.2, 0.25) is 0 Å². The van der Waals surface area contributed by atoms with Crippen molar-refractivity contribution in [2.24, 2.45) is 0 Å². The van der Waals surface area contributed by atoms with Crippen LogP contribution in [0, 0.1) is 0 Å². The second-order valence-electron chi connectivity index (χ2n) is 5.93. The first-order valence-electron chi connectivity index (χ1n) is 8.95. The van der Waals surface area contributed by atoms with Crippen molar-refractivity contribution in [1.82, 2.24) is 5.32 Å². The van der Waals surface area contributed by atoms with E-state index in [1.54, 1.807) is 35.2 Å². The standard InChI is InChI=1S/C22H21NO3S2/c1-2-27-18-12-7-6-11-17(18)22(25)26-15-20(24)23-21(19-13-8-14-28-19)16-9-4-3-5-10-16/h3-14,21H,2,15H2,1H3,(H,23,24)/t21-/m1/s1. The first-order chi connectivity index (χ1) is 13.7. The first-order valence-corrected chi connectivity index (χ1v) is 10.8. The number of carbonyl (C=O) groups is 2. The monoisotopic (exact) mass is 411 g/mol. The highest BCUT2D eigenvalue weighted by atomic mass is 32.2. The lowest BCUT2D eigenvalue weighted by molar-refractivity contribution is -0.124. The molecule has 0 aliphatic heterocycles. The van der Waals surface area contributed by atoms with Gasteiger partial charge in [-0.05, 0) is 34.9 Å². The molecule has 28 heavy (non-hydrogen) atoms. The third-order valence-electron chi connectivity index (χ3n) is 4.01. The van der Waals surface area contributed by atoms with Gasteiger partial charge < -0.3 is 10.1 Å². The summed E-state index contributed by atoms with van der Waals surface area (Å²) in [7, 11) is 0. The molecule has 0 unspecified atom stereocenters. The number of benzene rings is 2. The van der Waals surface area contributed by atoms with E-state index in [0.29, 0.717) is 5.56 Å². The summed E-state index contributed by atoms with van der Waals surface area (Å²) in [6.45, 7) is 1.70. The fourth-order valence-electron chi connectivity index (χ4n) is 2.75. The van der Waals surface area contributed by atoms with E-state index in [0.717, 1.165) is 21.1 Å². The fourth-order valence-corrected chi connectivity index (χ4v) is 4.34. The molecule has 0 aliphatic rings. The summed E-state index contributed by atoms with van der Waals surface area (Å²) in [5.41, 5.74) is 1.47. The van der Waals surface area contributed by atoms with Gasteiger partial charge in [-0.15, -0.1) is 23.1 Å². The molecule has 0 radical (unpaired) electrons. The number of rotatable bonds is 8. The Labute approximate surface area is 172 Å². The molecule has 1 aromatic heterocycles. The molecular formula is C22H21NO3S2. The predicted molar refractivity (Wildman–Crippen MR) is 114 cm³/mol. The van der Waals surface area contributed by atoms with Crippen LogP contribution in [0.1, 0.15) is 33.8 Å². The molecular weight excluding hydrogens is 390 g/mol. The van der Waals surface area contributed by atoms with Crippen LogP contribution in [0.25, 0.3) is 0 Å². The third-order valence-corrected chi connectivity index (χ3v) is 5.90. The van der Waals surface area contributed by atoms with E-state index in [2.05, 4.69) is 5.32 Å². The van der Waals surface area contributed by atoms with Gasteiger partial charge in [0.05, 0.1) is 11.6 Å². The molecule has 3 rings (SSSR count). The van der Waals surface area contributed by atoms with Crippen LogP contribution in [0.4, 0.5) is 0 Å². The SMILES string of the molecule is CCSc1ccccc1C(=O)OCC(=O)N[C@H](c1ccccc1)c1cccs1. The molecule has 0 aliphatic carbocycles. The highest BCUT2D eigenvalue weighted by Gasteiger charge is 2.19. The van der Waals surface area contributed by atoms with Gasteiger partial charge in [0, 0.05) is 9.77 Å². The van der Waals surface area contributed by atoms with Crippen LogP contribution in [0.2, 0.25) is 0 Å². The van der Waals surface area contributed by atoms with Crippen molar-refractivity contribution in [2.75, 3.05) is 12.4 Å². The van der Waals surface area contributed by atoms with Crippen molar-refractivity contribution in [2.45, 2.75) is 17.9 Å². The maximum absolute atomic E-state index is 12.5. The molecule has 3 aromatic rings. The maximum atomic E-state index is 12.5. The Morgan fingerprint density at radius 2 is 1.79 bits per heavy atom. The minimum atomic E-state index is -0.487. The van der Waals surface area contributed by atoms with Crippen LogP contribution >= 0.6 is 23.1 Å². The smallest absolute Gasteiger partial charge is 0.339 e. The lowest BCUT2D eigenvalue weighted by atomic mass is 10.1. The van der Waals surface area contributed by atoms with Gasteiger partial charge in [-0.2, -0.15) is 0 Å². The summed E-state index contributed by atoms with van der Waals surface area (Å²) in [6.07, 6.45) is 0. The lowest BCUT2D eigenvalue weighted by Crippen LogP contribution is -2.32. The van der Waals surface area contributed by atoms with Crippen LogP contribution in [0.3, 0.4) is 0 Å². The van der Waals surface area contributed by atoms with E-state index in [1.165, 1.54) is 0 Å². The van der Waals surface area contributed by atoms with Gasteiger partial charge in [0.1, 0.15) is 0 Å². The van der Waals surface area contributed by atoms with E-state index in [-0.39, 0.29) is 18.6 Å². The number of ether oxygens (including phenoxy) is 1. The van der Waals surface area contributed by atoms with Crippen molar-refractivity contribution in [3.05, 3.63) is 88.1 Å². The Bertz CT molecular complexity index is 911. The summed E-state index contributed by atoms with van der Waals surface area (Å²) in [4.78, 5) is 26.8. The summed E-state index contributed by atoms with van der Waals surface area (Å²) in [5, 5.41) is 4.94. The Morgan fingerprint density at radius 3 is 2.50 bits per heavy atom. The molecule has 1 amide bonds. The van der Waals surface area contributed by atoms with Crippen molar-refractivity contribution in [3.8, 4) is 0 Å². The number of hydrogen-bond donors (Lipinski definition) is 1. The highest BCUT2D eigenvalue weighted by molar-refractivity contribution is 7.99. The maximum Gasteiger partial charge on any atom is 0.339 e. The second-order valence-corrected chi connectivity index (χ2v) is 8.22. The van der Waals surface area contributed by atoms with Crippen LogP contribution in [0.5, 0.6) is 0 Å².